The molecule has 1 rings (SSSR count). The number of hydrogen-bond acceptors (Lipinski definition) is 2. The summed E-state index contributed by atoms with van der Waals surface area (Å²) in [5.74, 6) is 0. The van der Waals surface area contributed by atoms with Gasteiger partial charge in [0.15, 0.2) is 0 Å². The molecule has 1 N–H and O–H groups in total. The second-order valence-electron chi connectivity index (χ2n) is 1.80. The Kier molecular flexibility index (Phi) is 1.30. The van der Waals surface area contributed by atoms with E-state index in [4.69, 9.17) is 9.84 Å². The molecule has 0 radical (unpaired) electrons. The Labute approximate surface area is 43.1 Å². The van der Waals surface area contributed by atoms with Gasteiger partial charge in [0, 0.05) is 0 Å². The van der Waals surface area contributed by atoms with E-state index in [0.717, 1.165) is 6.42 Å². The highest BCUT2D eigenvalue weighted by molar-refractivity contribution is 4.81. The van der Waals surface area contributed by atoms with E-state index in [1.807, 2.05) is 0 Å². The van der Waals surface area contributed by atoms with E-state index >= 15 is 0 Å². The van der Waals surface area contributed by atoms with Crippen LogP contribution in [0.4, 0.5) is 0 Å². The minimum atomic E-state index is 0.171. The standard InChI is InChI=1S/C5H10O2/c1-2-4-5(3-6)7-4/h4-6H,2-3H2,1H3/t4-,5-/m0/s1. The molecule has 0 aliphatic carbocycles. The summed E-state index contributed by atoms with van der Waals surface area (Å²) in [4.78, 5) is 0. The first-order valence-electron chi connectivity index (χ1n) is 2.64. The van der Waals surface area contributed by atoms with Gasteiger partial charge < -0.3 is 9.84 Å². The van der Waals surface area contributed by atoms with Crippen molar-refractivity contribution < 1.29 is 9.84 Å². The molecule has 0 bridgehead atoms. The molecule has 2 atom stereocenters. The molecule has 0 aromatic carbocycles. The molecular weight excluding hydrogens is 92.1 g/mol. The van der Waals surface area contributed by atoms with Crippen LogP contribution in [0.3, 0.4) is 0 Å². The number of aliphatic hydroxyl groups is 1. The molecule has 0 unspecified atom stereocenters. The van der Waals surface area contributed by atoms with Crippen molar-refractivity contribution in [3.05, 3.63) is 0 Å². The first-order valence-corrected chi connectivity index (χ1v) is 2.64. The van der Waals surface area contributed by atoms with E-state index in [2.05, 4.69) is 6.92 Å². The summed E-state index contributed by atoms with van der Waals surface area (Å²) in [6.45, 7) is 2.25. The van der Waals surface area contributed by atoms with E-state index in [1.54, 1.807) is 0 Å². The average Bonchev–Trinajstić information content (AvgIpc) is 2.43. The zero-order chi connectivity index (χ0) is 5.28. The molecule has 1 heterocycles. The molecule has 7 heavy (non-hydrogen) atoms. The van der Waals surface area contributed by atoms with Gasteiger partial charge in [-0.1, -0.05) is 6.92 Å². The second kappa shape index (κ2) is 1.80. The van der Waals surface area contributed by atoms with E-state index in [-0.39, 0.29) is 12.7 Å². The number of hydrogen-bond donors (Lipinski definition) is 1. The van der Waals surface area contributed by atoms with Crippen LogP contribution in [0.1, 0.15) is 13.3 Å². The third kappa shape index (κ3) is 0.924. The lowest BCUT2D eigenvalue weighted by Gasteiger charge is -1.78. The van der Waals surface area contributed by atoms with Crippen LogP contribution in [0, 0.1) is 0 Å². The summed E-state index contributed by atoms with van der Waals surface area (Å²) >= 11 is 0. The summed E-state index contributed by atoms with van der Waals surface area (Å²) < 4.78 is 4.97. The third-order valence-electron chi connectivity index (χ3n) is 1.27. The van der Waals surface area contributed by atoms with E-state index < -0.39 is 0 Å². The monoisotopic (exact) mass is 102 g/mol. The topological polar surface area (TPSA) is 32.8 Å². The van der Waals surface area contributed by atoms with Gasteiger partial charge in [0.2, 0.25) is 0 Å². The van der Waals surface area contributed by atoms with Crippen molar-refractivity contribution in [3.63, 3.8) is 0 Å². The Morgan fingerprint density at radius 2 is 2.29 bits per heavy atom. The molecule has 2 heteroatoms. The maximum absolute atomic E-state index is 8.38. The summed E-state index contributed by atoms with van der Waals surface area (Å²) in [5.41, 5.74) is 0. The quantitative estimate of drug-likeness (QED) is 0.503. The largest absolute Gasteiger partial charge is 0.394 e. The molecule has 0 aromatic heterocycles. The fourth-order valence-corrected chi connectivity index (χ4v) is 0.699. The Morgan fingerprint density at radius 3 is 2.43 bits per heavy atom. The molecule has 0 spiro atoms. The zero-order valence-electron chi connectivity index (χ0n) is 4.42. The predicted molar refractivity (Wildman–Crippen MR) is 26.0 cm³/mol. The Bertz CT molecular complexity index is 55.1. The summed E-state index contributed by atoms with van der Waals surface area (Å²) in [6, 6.07) is 0. The predicted octanol–water partition coefficient (Wildman–Crippen LogP) is 0.156. The lowest BCUT2D eigenvalue weighted by Crippen LogP contribution is -1.96. The van der Waals surface area contributed by atoms with Crippen molar-refractivity contribution in [3.8, 4) is 0 Å². The van der Waals surface area contributed by atoms with Crippen molar-refractivity contribution in [1.82, 2.24) is 0 Å². The van der Waals surface area contributed by atoms with Crippen LogP contribution in [-0.4, -0.2) is 23.9 Å². The normalized spacial score (nSPS) is 38.6. The molecule has 1 aliphatic rings. The molecular formula is C5H10O2. The Morgan fingerprint density at radius 1 is 1.57 bits per heavy atom. The van der Waals surface area contributed by atoms with Crippen LogP contribution in [0.5, 0.6) is 0 Å². The number of aliphatic hydroxyl groups excluding tert-OH is 1. The van der Waals surface area contributed by atoms with E-state index in [9.17, 15) is 0 Å². The summed E-state index contributed by atoms with van der Waals surface area (Å²) in [7, 11) is 0. The lowest BCUT2D eigenvalue weighted by molar-refractivity contribution is 0.242. The van der Waals surface area contributed by atoms with Crippen molar-refractivity contribution in [1.29, 1.82) is 0 Å². The van der Waals surface area contributed by atoms with Crippen molar-refractivity contribution in [2.45, 2.75) is 25.6 Å². The van der Waals surface area contributed by atoms with Crippen LogP contribution in [-0.2, 0) is 4.74 Å². The summed E-state index contributed by atoms with van der Waals surface area (Å²) in [6.07, 6.45) is 1.57. The van der Waals surface area contributed by atoms with Gasteiger partial charge in [-0.25, -0.2) is 0 Å². The van der Waals surface area contributed by atoms with E-state index in [1.165, 1.54) is 0 Å². The van der Waals surface area contributed by atoms with Gasteiger partial charge in [-0.2, -0.15) is 0 Å². The van der Waals surface area contributed by atoms with Crippen LogP contribution in [0.2, 0.25) is 0 Å². The van der Waals surface area contributed by atoms with Crippen molar-refractivity contribution in [2.24, 2.45) is 0 Å². The molecule has 2 nitrogen and oxygen atoms in total. The van der Waals surface area contributed by atoms with Crippen LogP contribution in [0.15, 0.2) is 0 Å². The molecule has 0 aromatic rings. The smallest absolute Gasteiger partial charge is 0.107 e. The lowest BCUT2D eigenvalue weighted by atomic mass is 10.3. The highest BCUT2D eigenvalue weighted by atomic mass is 16.6. The zero-order valence-corrected chi connectivity index (χ0v) is 4.42. The summed E-state index contributed by atoms with van der Waals surface area (Å²) in [5, 5.41) is 8.38. The van der Waals surface area contributed by atoms with Crippen LogP contribution >= 0.6 is 0 Å². The SMILES string of the molecule is CC[C@@H]1O[C@H]1CO. The molecule has 1 aliphatic heterocycles. The van der Waals surface area contributed by atoms with Gasteiger partial charge in [-0.3, -0.25) is 0 Å². The van der Waals surface area contributed by atoms with Gasteiger partial charge in [0.25, 0.3) is 0 Å². The van der Waals surface area contributed by atoms with Crippen LogP contribution in [0.25, 0.3) is 0 Å². The Balaban J connectivity index is 2.06. The minimum Gasteiger partial charge on any atom is -0.394 e. The van der Waals surface area contributed by atoms with Crippen LogP contribution < -0.4 is 0 Å². The van der Waals surface area contributed by atoms with E-state index in [0.29, 0.717) is 6.10 Å². The minimum absolute atomic E-state index is 0.171. The maximum Gasteiger partial charge on any atom is 0.107 e. The number of ether oxygens (including phenoxy) is 1. The van der Waals surface area contributed by atoms with Gasteiger partial charge in [0.05, 0.1) is 12.7 Å². The Hall–Kier alpha value is -0.0800. The fourth-order valence-electron chi connectivity index (χ4n) is 0.699. The number of rotatable bonds is 2. The molecule has 0 saturated carbocycles. The highest BCUT2D eigenvalue weighted by Crippen LogP contribution is 2.23. The molecule has 0 amide bonds. The van der Waals surface area contributed by atoms with Gasteiger partial charge in [-0.15, -0.1) is 0 Å². The average molecular weight is 102 g/mol. The van der Waals surface area contributed by atoms with Gasteiger partial charge in [0.1, 0.15) is 6.10 Å². The van der Waals surface area contributed by atoms with Crippen molar-refractivity contribution >= 4 is 0 Å². The second-order valence-corrected chi connectivity index (χ2v) is 1.80. The first kappa shape index (κ1) is 5.06. The van der Waals surface area contributed by atoms with Gasteiger partial charge >= 0.3 is 0 Å². The highest BCUT2D eigenvalue weighted by Gasteiger charge is 2.35. The first-order chi connectivity index (χ1) is 3.38. The number of epoxide rings is 1. The maximum atomic E-state index is 8.38. The molecule has 42 valence electrons. The van der Waals surface area contributed by atoms with Crippen molar-refractivity contribution in [2.75, 3.05) is 6.61 Å². The molecule has 1 saturated heterocycles. The third-order valence-corrected chi connectivity index (χ3v) is 1.27. The fraction of sp³-hybridized carbons (Fsp3) is 1.00. The van der Waals surface area contributed by atoms with Gasteiger partial charge in [-0.05, 0) is 6.42 Å². The molecule has 1 fully saturated rings.